The second-order valence-corrected chi connectivity index (χ2v) is 2.41. The van der Waals surface area contributed by atoms with E-state index in [1.165, 1.54) is 18.2 Å². The predicted octanol–water partition coefficient (Wildman–Crippen LogP) is 2.21. The van der Waals surface area contributed by atoms with Gasteiger partial charge >= 0.3 is 6.11 Å². The largest absolute Gasteiger partial charge is 0.428 e. The molecule has 0 radical (unpaired) electrons. The fourth-order valence-electron chi connectivity index (χ4n) is 0.762. The second kappa shape index (κ2) is 3.55. The molecule has 1 aromatic carbocycles. The monoisotopic (exact) mass is 191 g/mol. The van der Waals surface area contributed by atoms with E-state index in [1.807, 2.05) is 0 Å². The van der Waals surface area contributed by atoms with Gasteiger partial charge in [-0.15, -0.1) is 0 Å². The molecular formula is C8H8F3NO. The Hall–Kier alpha value is -1.39. The van der Waals surface area contributed by atoms with E-state index < -0.39 is 12.8 Å². The average Bonchev–Trinajstić information content (AvgIpc) is 2.09. The number of hydrogen-bond donors (Lipinski definition) is 1. The van der Waals surface area contributed by atoms with E-state index in [2.05, 4.69) is 4.74 Å². The van der Waals surface area contributed by atoms with Gasteiger partial charge in [-0.25, -0.2) is 4.39 Å². The smallest absolute Gasteiger partial charge is 0.427 e. The Morgan fingerprint density at radius 1 is 1.31 bits per heavy atom. The number of rotatable bonds is 3. The van der Waals surface area contributed by atoms with Gasteiger partial charge in [0.1, 0.15) is 5.75 Å². The van der Waals surface area contributed by atoms with Gasteiger partial charge in [0.05, 0.1) is 5.69 Å². The standard InChI is InChI=1S/C8H8F3NO/c9-5-8(10,11)13-7-4-2-1-3-6(7)12/h1-4H,5,12H2. The van der Waals surface area contributed by atoms with Crippen molar-refractivity contribution < 1.29 is 17.9 Å². The highest BCUT2D eigenvalue weighted by atomic mass is 19.3. The van der Waals surface area contributed by atoms with Crippen LogP contribution in [-0.2, 0) is 0 Å². The van der Waals surface area contributed by atoms with Crippen molar-refractivity contribution in [2.45, 2.75) is 6.11 Å². The van der Waals surface area contributed by atoms with Crippen molar-refractivity contribution >= 4 is 5.69 Å². The third-order valence-corrected chi connectivity index (χ3v) is 1.33. The first-order valence-corrected chi connectivity index (χ1v) is 3.52. The van der Waals surface area contributed by atoms with Gasteiger partial charge < -0.3 is 10.5 Å². The van der Waals surface area contributed by atoms with Crippen LogP contribution in [0.25, 0.3) is 0 Å². The van der Waals surface area contributed by atoms with Gasteiger partial charge in [-0.2, -0.15) is 8.78 Å². The summed E-state index contributed by atoms with van der Waals surface area (Å²) in [6.45, 7) is -1.87. The van der Waals surface area contributed by atoms with Crippen LogP contribution >= 0.6 is 0 Å². The van der Waals surface area contributed by atoms with Gasteiger partial charge in [0, 0.05) is 0 Å². The number of benzene rings is 1. The fourth-order valence-corrected chi connectivity index (χ4v) is 0.762. The minimum atomic E-state index is -3.81. The number of alkyl halides is 3. The highest BCUT2D eigenvalue weighted by molar-refractivity contribution is 5.51. The molecule has 0 amide bonds. The zero-order valence-electron chi connectivity index (χ0n) is 6.64. The van der Waals surface area contributed by atoms with E-state index in [0.29, 0.717) is 0 Å². The molecule has 0 aromatic heterocycles. The highest BCUT2D eigenvalue weighted by Crippen LogP contribution is 2.26. The molecule has 0 bridgehead atoms. The van der Waals surface area contributed by atoms with E-state index in [1.54, 1.807) is 6.07 Å². The van der Waals surface area contributed by atoms with Gasteiger partial charge in [0.2, 0.25) is 0 Å². The van der Waals surface area contributed by atoms with Crippen molar-refractivity contribution in [3.8, 4) is 5.75 Å². The molecule has 1 aromatic rings. The molecular weight excluding hydrogens is 183 g/mol. The number of halogens is 3. The molecule has 0 spiro atoms. The number of nitrogen functional groups attached to an aromatic ring is 1. The number of nitrogens with two attached hydrogens (primary N) is 1. The molecule has 0 saturated carbocycles. The summed E-state index contributed by atoms with van der Waals surface area (Å²) in [4.78, 5) is 0. The third kappa shape index (κ3) is 2.54. The summed E-state index contributed by atoms with van der Waals surface area (Å²) in [6, 6.07) is 5.68. The summed E-state index contributed by atoms with van der Waals surface area (Å²) in [5, 5.41) is 0. The molecule has 0 atom stereocenters. The lowest BCUT2D eigenvalue weighted by Crippen LogP contribution is -2.27. The van der Waals surface area contributed by atoms with Gasteiger partial charge in [-0.3, -0.25) is 0 Å². The summed E-state index contributed by atoms with van der Waals surface area (Å²) in [7, 11) is 0. The minimum absolute atomic E-state index is 0.0515. The molecule has 0 aliphatic carbocycles. The summed E-state index contributed by atoms with van der Waals surface area (Å²) in [6.07, 6.45) is -3.81. The van der Waals surface area contributed by atoms with Crippen LogP contribution in [-0.4, -0.2) is 12.8 Å². The van der Waals surface area contributed by atoms with Crippen molar-refractivity contribution in [3.05, 3.63) is 24.3 Å². The molecule has 0 aliphatic heterocycles. The summed E-state index contributed by atoms with van der Waals surface area (Å²) in [5.74, 6) is -0.217. The molecule has 72 valence electrons. The molecule has 0 saturated heterocycles. The highest BCUT2D eigenvalue weighted by Gasteiger charge is 2.32. The molecule has 2 N–H and O–H groups in total. The van der Waals surface area contributed by atoms with E-state index in [0.717, 1.165) is 0 Å². The summed E-state index contributed by atoms with van der Waals surface area (Å²) >= 11 is 0. The average molecular weight is 191 g/mol. The van der Waals surface area contributed by atoms with Crippen molar-refractivity contribution in [2.75, 3.05) is 12.4 Å². The van der Waals surface area contributed by atoms with E-state index >= 15 is 0 Å². The van der Waals surface area contributed by atoms with Crippen LogP contribution in [0.5, 0.6) is 5.75 Å². The van der Waals surface area contributed by atoms with Crippen LogP contribution in [0.3, 0.4) is 0 Å². The fraction of sp³-hybridized carbons (Fsp3) is 0.250. The van der Waals surface area contributed by atoms with Crippen LogP contribution in [0, 0.1) is 0 Å². The summed E-state index contributed by atoms with van der Waals surface area (Å²) < 4.78 is 40.5. The molecule has 2 nitrogen and oxygen atoms in total. The number of para-hydroxylation sites is 2. The van der Waals surface area contributed by atoms with Gasteiger partial charge in [-0.05, 0) is 12.1 Å². The Balaban J connectivity index is 2.80. The zero-order valence-corrected chi connectivity index (χ0v) is 6.64. The van der Waals surface area contributed by atoms with Crippen LogP contribution in [0.15, 0.2) is 24.3 Å². The summed E-state index contributed by atoms with van der Waals surface area (Å²) in [5.41, 5.74) is 5.35. The zero-order chi connectivity index (χ0) is 9.90. The van der Waals surface area contributed by atoms with Crippen LogP contribution < -0.4 is 10.5 Å². The molecule has 13 heavy (non-hydrogen) atoms. The van der Waals surface area contributed by atoms with Crippen LogP contribution in [0.2, 0.25) is 0 Å². The molecule has 0 fully saturated rings. The molecule has 0 unspecified atom stereocenters. The van der Waals surface area contributed by atoms with E-state index in [4.69, 9.17) is 5.73 Å². The maximum atomic E-state index is 12.4. The first-order chi connectivity index (χ1) is 6.05. The predicted molar refractivity (Wildman–Crippen MR) is 42.4 cm³/mol. The topological polar surface area (TPSA) is 35.2 Å². The molecule has 5 heteroatoms. The minimum Gasteiger partial charge on any atom is -0.428 e. The third-order valence-electron chi connectivity index (χ3n) is 1.33. The van der Waals surface area contributed by atoms with Gasteiger partial charge in [-0.1, -0.05) is 12.1 Å². The lowest BCUT2D eigenvalue weighted by Gasteiger charge is -2.15. The second-order valence-electron chi connectivity index (χ2n) is 2.41. The van der Waals surface area contributed by atoms with Crippen LogP contribution in [0.1, 0.15) is 0 Å². The van der Waals surface area contributed by atoms with Crippen molar-refractivity contribution in [3.63, 3.8) is 0 Å². The Kier molecular flexibility index (Phi) is 2.65. The van der Waals surface area contributed by atoms with E-state index in [9.17, 15) is 13.2 Å². The van der Waals surface area contributed by atoms with Gasteiger partial charge in [0.25, 0.3) is 0 Å². The van der Waals surface area contributed by atoms with Crippen molar-refractivity contribution in [1.29, 1.82) is 0 Å². The molecule has 0 aliphatic rings. The maximum Gasteiger partial charge on any atom is 0.427 e. The van der Waals surface area contributed by atoms with Crippen molar-refractivity contribution in [1.82, 2.24) is 0 Å². The number of ether oxygens (including phenoxy) is 1. The normalized spacial score (nSPS) is 11.3. The maximum absolute atomic E-state index is 12.4. The molecule has 1 rings (SSSR count). The Morgan fingerprint density at radius 3 is 2.46 bits per heavy atom. The lowest BCUT2D eigenvalue weighted by atomic mass is 10.3. The van der Waals surface area contributed by atoms with Crippen LogP contribution in [0.4, 0.5) is 18.9 Å². The quantitative estimate of drug-likeness (QED) is 0.743. The molecule has 0 heterocycles. The Labute approximate surface area is 73.1 Å². The van der Waals surface area contributed by atoms with E-state index in [-0.39, 0.29) is 11.4 Å². The lowest BCUT2D eigenvalue weighted by molar-refractivity contribution is -0.186. The van der Waals surface area contributed by atoms with Crippen molar-refractivity contribution in [2.24, 2.45) is 0 Å². The van der Waals surface area contributed by atoms with Gasteiger partial charge in [0.15, 0.2) is 6.67 Å². The SMILES string of the molecule is Nc1ccccc1OC(F)(F)CF. The first-order valence-electron chi connectivity index (χ1n) is 3.52. The Morgan fingerprint density at radius 2 is 1.92 bits per heavy atom. The number of anilines is 1. The first kappa shape index (κ1) is 9.70. The number of hydrogen-bond acceptors (Lipinski definition) is 2. The Bertz CT molecular complexity index is 290.